The van der Waals surface area contributed by atoms with Crippen molar-refractivity contribution in [3.63, 3.8) is 0 Å². The third kappa shape index (κ3) is 5.23. The minimum atomic E-state index is -0.260. The van der Waals surface area contributed by atoms with Gasteiger partial charge in [0, 0.05) is 26.4 Å². The molecule has 1 heterocycles. The summed E-state index contributed by atoms with van der Waals surface area (Å²) < 4.78 is 4.99. The fourth-order valence-corrected chi connectivity index (χ4v) is 1.67. The monoisotopic (exact) mass is 286 g/mol. The first-order valence-electron chi connectivity index (χ1n) is 6.53. The molecule has 0 unspecified atom stereocenters. The fraction of sp³-hybridized carbons (Fsp3) is 0.400. The smallest absolute Gasteiger partial charge is 0.273 e. The van der Waals surface area contributed by atoms with Gasteiger partial charge in [0.1, 0.15) is 5.69 Å². The minimum absolute atomic E-state index is 0.213. The van der Waals surface area contributed by atoms with Gasteiger partial charge < -0.3 is 15.4 Å². The van der Waals surface area contributed by atoms with Crippen LogP contribution in [0.15, 0.2) is 18.3 Å². The molecule has 1 rings (SSSR count). The van der Waals surface area contributed by atoms with Crippen molar-refractivity contribution >= 4 is 5.91 Å². The van der Waals surface area contributed by atoms with Gasteiger partial charge in [-0.1, -0.05) is 11.8 Å². The van der Waals surface area contributed by atoms with Gasteiger partial charge in [0.15, 0.2) is 0 Å². The molecule has 2 N–H and O–H groups in total. The number of hydrogen-bond acceptors (Lipinski definition) is 5. The molecule has 0 saturated carbocycles. The number of methoxy groups -OCH3 is 1. The fourth-order valence-electron chi connectivity index (χ4n) is 1.67. The van der Waals surface area contributed by atoms with Gasteiger partial charge in [-0.15, -0.1) is 0 Å². The molecule has 1 aromatic heterocycles. The molecular formula is C15H18N4O2. The van der Waals surface area contributed by atoms with Crippen LogP contribution < -0.4 is 5.73 Å². The average molecular weight is 286 g/mol. The van der Waals surface area contributed by atoms with Crippen molar-refractivity contribution < 1.29 is 9.53 Å². The number of hydrogen-bond donors (Lipinski definition) is 1. The molecule has 0 fully saturated rings. The van der Waals surface area contributed by atoms with Crippen LogP contribution in [0.2, 0.25) is 0 Å². The number of nitrogens with two attached hydrogens (primary N) is 1. The summed E-state index contributed by atoms with van der Waals surface area (Å²) in [5.74, 6) is 5.29. The molecule has 21 heavy (non-hydrogen) atoms. The van der Waals surface area contributed by atoms with Gasteiger partial charge >= 0.3 is 0 Å². The Balaban J connectivity index is 2.99. The molecule has 0 aromatic carbocycles. The molecule has 1 amide bonds. The van der Waals surface area contributed by atoms with Crippen molar-refractivity contribution in [3.05, 3.63) is 29.6 Å². The first-order chi connectivity index (χ1) is 10.2. The van der Waals surface area contributed by atoms with Crippen LogP contribution in [0.25, 0.3) is 0 Å². The minimum Gasteiger partial charge on any atom is -0.383 e. The topological polar surface area (TPSA) is 92.2 Å². The van der Waals surface area contributed by atoms with Gasteiger partial charge in [-0.3, -0.25) is 4.79 Å². The molecule has 110 valence electrons. The lowest BCUT2D eigenvalue weighted by Gasteiger charge is -2.21. The number of aromatic nitrogens is 1. The average Bonchev–Trinajstić information content (AvgIpc) is 2.52. The lowest BCUT2D eigenvalue weighted by molar-refractivity contribution is 0.0694. The Hall–Kier alpha value is -2.41. The number of nitriles is 1. The molecule has 0 aliphatic carbocycles. The number of rotatable bonds is 6. The van der Waals surface area contributed by atoms with Crippen molar-refractivity contribution in [1.29, 1.82) is 5.26 Å². The predicted octanol–water partition coefficient (Wildman–Crippen LogP) is 0.394. The Labute approximate surface area is 124 Å². The summed E-state index contributed by atoms with van der Waals surface area (Å²) in [6.07, 6.45) is 1.80. The van der Waals surface area contributed by atoms with Gasteiger partial charge in [0.25, 0.3) is 5.91 Å². The van der Waals surface area contributed by atoms with Crippen LogP contribution in [0.3, 0.4) is 0 Å². The van der Waals surface area contributed by atoms with E-state index in [-0.39, 0.29) is 24.6 Å². The molecular weight excluding hydrogens is 268 g/mol. The van der Waals surface area contributed by atoms with Gasteiger partial charge in [0.05, 0.1) is 31.2 Å². The normalized spacial score (nSPS) is 9.38. The zero-order valence-corrected chi connectivity index (χ0v) is 12.0. The zero-order chi connectivity index (χ0) is 15.5. The second-order valence-corrected chi connectivity index (χ2v) is 4.10. The van der Waals surface area contributed by atoms with E-state index in [1.54, 1.807) is 30.3 Å². The van der Waals surface area contributed by atoms with Crippen molar-refractivity contribution in [1.82, 2.24) is 9.88 Å². The second kappa shape index (κ2) is 9.49. The van der Waals surface area contributed by atoms with E-state index in [4.69, 9.17) is 15.7 Å². The largest absolute Gasteiger partial charge is 0.383 e. The zero-order valence-electron chi connectivity index (χ0n) is 12.0. The number of ether oxygens (including phenoxy) is 1. The van der Waals surface area contributed by atoms with E-state index in [0.717, 1.165) is 0 Å². The maximum Gasteiger partial charge on any atom is 0.273 e. The highest BCUT2D eigenvalue weighted by Gasteiger charge is 2.19. The number of nitrogens with zero attached hydrogens (tertiary/aromatic N) is 3. The van der Waals surface area contributed by atoms with E-state index in [0.29, 0.717) is 25.3 Å². The van der Waals surface area contributed by atoms with E-state index in [2.05, 4.69) is 16.8 Å². The molecule has 0 aliphatic rings. The molecule has 0 saturated heterocycles. The standard InChI is InChI=1S/C15H18N4O2/c1-21-12-11-19(10-4-8-17)15(20)14-13(5-2-7-16)6-3-9-18-14/h3,6,9H,4,7,10-12,16H2,1H3. The number of amides is 1. The van der Waals surface area contributed by atoms with Crippen molar-refractivity contribution in [2.45, 2.75) is 6.42 Å². The molecule has 1 aromatic rings. The predicted molar refractivity (Wildman–Crippen MR) is 78.2 cm³/mol. The van der Waals surface area contributed by atoms with Crippen LogP contribution >= 0.6 is 0 Å². The van der Waals surface area contributed by atoms with E-state index < -0.39 is 0 Å². The molecule has 6 nitrogen and oxygen atoms in total. The quantitative estimate of drug-likeness (QED) is 0.764. The highest BCUT2D eigenvalue weighted by molar-refractivity contribution is 5.94. The summed E-state index contributed by atoms with van der Waals surface area (Å²) in [6.45, 7) is 1.34. The van der Waals surface area contributed by atoms with Crippen LogP contribution in [0.4, 0.5) is 0 Å². The Morgan fingerprint density at radius 1 is 1.52 bits per heavy atom. The SMILES string of the molecule is COCCN(CCC#N)C(=O)c1ncccc1C#CCN. The first kappa shape index (κ1) is 16.6. The highest BCUT2D eigenvalue weighted by atomic mass is 16.5. The molecule has 0 spiro atoms. The summed E-state index contributed by atoms with van der Waals surface area (Å²) in [6, 6.07) is 5.47. The van der Waals surface area contributed by atoms with Crippen molar-refractivity contribution in [3.8, 4) is 17.9 Å². The second-order valence-electron chi connectivity index (χ2n) is 4.10. The van der Waals surface area contributed by atoms with E-state index >= 15 is 0 Å². The number of carbonyl (C=O) groups excluding carboxylic acids is 1. The Morgan fingerprint density at radius 3 is 3.00 bits per heavy atom. The lowest BCUT2D eigenvalue weighted by atomic mass is 10.1. The first-order valence-corrected chi connectivity index (χ1v) is 6.53. The van der Waals surface area contributed by atoms with Crippen LogP contribution in [0.1, 0.15) is 22.5 Å². The van der Waals surface area contributed by atoms with E-state index in [1.807, 2.05) is 6.07 Å². The third-order valence-corrected chi connectivity index (χ3v) is 2.68. The number of carbonyl (C=O) groups is 1. The van der Waals surface area contributed by atoms with Crippen LogP contribution in [0, 0.1) is 23.2 Å². The van der Waals surface area contributed by atoms with Crippen LogP contribution in [0.5, 0.6) is 0 Å². The highest BCUT2D eigenvalue weighted by Crippen LogP contribution is 2.08. The summed E-state index contributed by atoms with van der Waals surface area (Å²) in [4.78, 5) is 18.2. The van der Waals surface area contributed by atoms with Crippen LogP contribution in [-0.2, 0) is 4.74 Å². The maximum atomic E-state index is 12.5. The van der Waals surface area contributed by atoms with Gasteiger partial charge in [-0.05, 0) is 12.1 Å². The molecule has 0 bridgehead atoms. The molecule has 0 aliphatic heterocycles. The summed E-state index contributed by atoms with van der Waals surface area (Å²) >= 11 is 0. The summed E-state index contributed by atoms with van der Waals surface area (Å²) in [7, 11) is 1.56. The third-order valence-electron chi connectivity index (χ3n) is 2.68. The Bertz CT molecular complexity index is 569. The van der Waals surface area contributed by atoms with Crippen molar-refractivity contribution in [2.24, 2.45) is 5.73 Å². The van der Waals surface area contributed by atoms with Gasteiger partial charge in [-0.2, -0.15) is 5.26 Å². The van der Waals surface area contributed by atoms with Gasteiger partial charge in [0.2, 0.25) is 0 Å². The van der Waals surface area contributed by atoms with E-state index in [9.17, 15) is 4.79 Å². The van der Waals surface area contributed by atoms with Crippen LogP contribution in [-0.4, -0.2) is 49.1 Å². The molecule has 0 radical (unpaired) electrons. The van der Waals surface area contributed by atoms with Gasteiger partial charge in [-0.25, -0.2) is 4.98 Å². The lowest BCUT2D eigenvalue weighted by Crippen LogP contribution is -2.35. The maximum absolute atomic E-state index is 12.5. The van der Waals surface area contributed by atoms with Crippen molar-refractivity contribution in [2.75, 3.05) is 33.4 Å². The molecule has 0 atom stereocenters. The number of pyridine rings is 1. The summed E-state index contributed by atoms with van der Waals surface area (Å²) in [5, 5.41) is 8.69. The van der Waals surface area contributed by atoms with E-state index in [1.165, 1.54) is 0 Å². The summed E-state index contributed by atoms with van der Waals surface area (Å²) in [5.41, 5.74) is 6.16. The Kier molecular flexibility index (Phi) is 7.52. The Morgan fingerprint density at radius 2 is 2.33 bits per heavy atom. The molecule has 6 heteroatoms.